The van der Waals surface area contributed by atoms with Crippen molar-refractivity contribution in [3.8, 4) is 0 Å². The molecule has 0 fully saturated rings. The zero-order valence-electron chi connectivity index (χ0n) is 23.9. The Morgan fingerprint density at radius 1 is 0.925 bits per heavy atom. The summed E-state index contributed by atoms with van der Waals surface area (Å²) in [6, 6.07) is 17.9. The number of rotatable bonds is 11. The first-order chi connectivity index (χ1) is 18.8. The number of aryl methyl sites for hydroxylation is 3. The molecule has 0 aliphatic rings. The van der Waals surface area contributed by atoms with Gasteiger partial charge in [0, 0.05) is 17.6 Å². The normalized spacial score (nSPS) is 12.9. The van der Waals surface area contributed by atoms with Gasteiger partial charge in [-0.05, 0) is 88.1 Å². The van der Waals surface area contributed by atoms with Crippen LogP contribution in [0.15, 0.2) is 71.6 Å². The fourth-order valence-corrected chi connectivity index (χ4v) is 5.71. The van der Waals surface area contributed by atoms with Gasteiger partial charge < -0.3 is 10.2 Å². The minimum Gasteiger partial charge on any atom is -0.352 e. The summed E-state index contributed by atoms with van der Waals surface area (Å²) in [4.78, 5) is 28.6. The van der Waals surface area contributed by atoms with E-state index >= 15 is 0 Å². The molecule has 9 heteroatoms. The molecule has 0 radical (unpaired) electrons. The first kappa shape index (κ1) is 31.2. The predicted octanol–water partition coefficient (Wildman–Crippen LogP) is 5.79. The highest BCUT2D eigenvalue weighted by molar-refractivity contribution is 7.92. The summed E-state index contributed by atoms with van der Waals surface area (Å²) in [6.45, 7) is 10.7. The van der Waals surface area contributed by atoms with E-state index in [9.17, 15) is 18.0 Å². The highest BCUT2D eigenvalue weighted by Gasteiger charge is 2.33. The summed E-state index contributed by atoms with van der Waals surface area (Å²) in [6.07, 6.45) is 0.728. The van der Waals surface area contributed by atoms with Gasteiger partial charge in [0.25, 0.3) is 10.0 Å². The second kappa shape index (κ2) is 13.3. The largest absolute Gasteiger partial charge is 0.352 e. The minimum absolute atomic E-state index is 0.0406. The van der Waals surface area contributed by atoms with Crippen molar-refractivity contribution in [1.82, 2.24) is 10.2 Å². The second-order valence-corrected chi connectivity index (χ2v) is 12.5. The van der Waals surface area contributed by atoms with E-state index in [-0.39, 0.29) is 23.4 Å². The third kappa shape index (κ3) is 7.43. The fourth-order valence-electron chi connectivity index (χ4n) is 4.11. The molecule has 0 aliphatic heterocycles. The monoisotopic (exact) mass is 583 g/mol. The zero-order valence-corrected chi connectivity index (χ0v) is 25.5. The lowest BCUT2D eigenvalue weighted by Gasteiger charge is -2.32. The summed E-state index contributed by atoms with van der Waals surface area (Å²) in [5.41, 5.74) is 3.83. The molecule has 0 bridgehead atoms. The number of benzene rings is 3. The molecule has 40 heavy (non-hydrogen) atoms. The molecule has 3 rings (SSSR count). The molecule has 0 aromatic heterocycles. The molecule has 0 spiro atoms. The van der Waals surface area contributed by atoms with Gasteiger partial charge in [0.1, 0.15) is 12.6 Å². The van der Waals surface area contributed by atoms with Crippen molar-refractivity contribution in [3.05, 3.63) is 94.0 Å². The molecule has 3 aromatic carbocycles. The van der Waals surface area contributed by atoms with E-state index in [2.05, 4.69) is 5.32 Å². The van der Waals surface area contributed by atoms with Crippen LogP contribution in [0.2, 0.25) is 5.02 Å². The summed E-state index contributed by atoms with van der Waals surface area (Å²) < 4.78 is 29.0. The van der Waals surface area contributed by atoms with Crippen molar-refractivity contribution in [2.75, 3.05) is 10.8 Å². The maximum atomic E-state index is 14.0. The van der Waals surface area contributed by atoms with Gasteiger partial charge in [0.05, 0.1) is 10.6 Å². The van der Waals surface area contributed by atoms with Gasteiger partial charge in [-0.3, -0.25) is 13.9 Å². The van der Waals surface area contributed by atoms with Gasteiger partial charge in [0.2, 0.25) is 11.8 Å². The van der Waals surface area contributed by atoms with Crippen molar-refractivity contribution < 1.29 is 18.0 Å². The smallest absolute Gasteiger partial charge is 0.264 e. The molecule has 0 aliphatic carbocycles. The molecule has 2 atom stereocenters. The zero-order chi connectivity index (χ0) is 29.6. The highest BCUT2D eigenvalue weighted by Crippen LogP contribution is 2.27. The molecule has 0 saturated carbocycles. The van der Waals surface area contributed by atoms with Crippen LogP contribution in [0.5, 0.6) is 0 Å². The molecule has 1 N–H and O–H groups in total. The van der Waals surface area contributed by atoms with Crippen molar-refractivity contribution in [2.24, 2.45) is 0 Å². The van der Waals surface area contributed by atoms with Crippen molar-refractivity contribution >= 4 is 39.1 Å². The van der Waals surface area contributed by atoms with Crippen LogP contribution in [0.1, 0.15) is 49.4 Å². The quantitative estimate of drug-likeness (QED) is 0.309. The van der Waals surface area contributed by atoms with E-state index in [0.29, 0.717) is 16.3 Å². The van der Waals surface area contributed by atoms with E-state index in [0.717, 1.165) is 27.4 Å². The number of hydrogen-bond acceptors (Lipinski definition) is 4. The van der Waals surface area contributed by atoms with E-state index in [4.69, 9.17) is 11.6 Å². The van der Waals surface area contributed by atoms with Gasteiger partial charge in [0.15, 0.2) is 0 Å². The Bertz CT molecular complexity index is 1460. The maximum Gasteiger partial charge on any atom is 0.264 e. The van der Waals surface area contributed by atoms with Crippen LogP contribution >= 0.6 is 11.6 Å². The lowest BCUT2D eigenvalue weighted by Crippen LogP contribution is -2.52. The SMILES string of the molecule is CC[C@H](C)NC(=O)[C@H](C)N(Cc1ccccc1Cl)C(=O)CN(c1ccc(C)c(C)c1)S(=O)(=O)c1ccc(C)cc1. The lowest BCUT2D eigenvalue weighted by atomic mass is 10.1. The maximum absolute atomic E-state index is 14.0. The number of carbonyl (C=O) groups is 2. The molecule has 2 amide bonds. The molecule has 7 nitrogen and oxygen atoms in total. The Balaban J connectivity index is 2.06. The molecule has 3 aromatic rings. The molecule has 0 saturated heterocycles. The minimum atomic E-state index is -4.12. The second-order valence-electron chi connectivity index (χ2n) is 10.2. The van der Waals surface area contributed by atoms with Crippen LogP contribution in [-0.4, -0.2) is 43.8 Å². The first-order valence-corrected chi connectivity index (χ1v) is 15.2. The number of carbonyl (C=O) groups excluding carboxylic acids is 2. The number of sulfonamides is 1. The topological polar surface area (TPSA) is 86.8 Å². The Hall–Kier alpha value is -3.36. The van der Waals surface area contributed by atoms with E-state index in [1.54, 1.807) is 55.5 Å². The van der Waals surface area contributed by atoms with Gasteiger partial charge in [-0.1, -0.05) is 60.5 Å². The molecular formula is C31H38ClN3O4S. The van der Waals surface area contributed by atoms with Crippen LogP contribution < -0.4 is 9.62 Å². The van der Waals surface area contributed by atoms with Crippen LogP contribution in [0.3, 0.4) is 0 Å². The Labute approximate surface area is 243 Å². The first-order valence-electron chi connectivity index (χ1n) is 13.3. The third-order valence-electron chi connectivity index (χ3n) is 7.13. The van der Waals surface area contributed by atoms with Crippen molar-refractivity contribution in [1.29, 1.82) is 0 Å². The Kier molecular flexibility index (Phi) is 10.4. The van der Waals surface area contributed by atoms with Gasteiger partial charge in [-0.15, -0.1) is 0 Å². The summed E-state index contributed by atoms with van der Waals surface area (Å²) in [5.74, 6) is -0.852. The fraction of sp³-hybridized carbons (Fsp3) is 0.355. The third-order valence-corrected chi connectivity index (χ3v) is 9.29. The Morgan fingerprint density at radius 3 is 2.17 bits per heavy atom. The number of nitrogens with one attached hydrogen (secondary N) is 1. The van der Waals surface area contributed by atoms with Crippen molar-refractivity contribution in [2.45, 2.75) is 71.5 Å². The van der Waals surface area contributed by atoms with Crippen LogP contribution in [0, 0.1) is 20.8 Å². The number of anilines is 1. The molecule has 0 unspecified atom stereocenters. The van der Waals surface area contributed by atoms with E-state index in [1.807, 2.05) is 40.7 Å². The standard InChI is InChI=1S/C31H38ClN3O4S/c1-7-24(5)33-31(37)25(6)34(19-26-10-8-9-11-29(26)32)30(36)20-35(27-15-14-22(3)23(4)18-27)40(38,39)28-16-12-21(2)13-17-28/h8-18,24-25H,7,19-20H2,1-6H3,(H,33,37)/t24-,25-/m0/s1. The van der Waals surface area contributed by atoms with Crippen LogP contribution in [-0.2, 0) is 26.2 Å². The predicted molar refractivity (Wildman–Crippen MR) is 161 cm³/mol. The summed E-state index contributed by atoms with van der Waals surface area (Å²) in [5, 5.41) is 3.38. The summed E-state index contributed by atoms with van der Waals surface area (Å²) >= 11 is 6.42. The summed E-state index contributed by atoms with van der Waals surface area (Å²) in [7, 11) is -4.12. The lowest BCUT2D eigenvalue weighted by molar-refractivity contribution is -0.139. The Morgan fingerprint density at radius 2 is 1.57 bits per heavy atom. The van der Waals surface area contributed by atoms with E-state index in [1.165, 1.54) is 17.0 Å². The molecular weight excluding hydrogens is 546 g/mol. The number of hydrogen-bond donors (Lipinski definition) is 1. The highest BCUT2D eigenvalue weighted by atomic mass is 35.5. The van der Waals surface area contributed by atoms with Crippen molar-refractivity contribution in [3.63, 3.8) is 0 Å². The van der Waals surface area contributed by atoms with Gasteiger partial charge >= 0.3 is 0 Å². The van der Waals surface area contributed by atoms with Crippen LogP contribution in [0.25, 0.3) is 0 Å². The van der Waals surface area contributed by atoms with Gasteiger partial charge in [-0.25, -0.2) is 8.42 Å². The number of amides is 2. The molecule has 214 valence electrons. The number of halogens is 1. The average molecular weight is 584 g/mol. The average Bonchev–Trinajstić information content (AvgIpc) is 2.92. The van der Waals surface area contributed by atoms with Gasteiger partial charge in [-0.2, -0.15) is 0 Å². The molecule has 0 heterocycles. The van der Waals surface area contributed by atoms with E-state index < -0.39 is 28.5 Å². The van der Waals surface area contributed by atoms with Crippen LogP contribution in [0.4, 0.5) is 5.69 Å². The number of nitrogens with zero attached hydrogens (tertiary/aromatic N) is 2.